The van der Waals surface area contributed by atoms with Crippen LogP contribution in [0.5, 0.6) is 11.5 Å². The van der Waals surface area contributed by atoms with Crippen LogP contribution in [0.15, 0.2) is 72.8 Å². The summed E-state index contributed by atoms with van der Waals surface area (Å²) < 4.78 is 11.7. The van der Waals surface area contributed by atoms with Gasteiger partial charge in [0.1, 0.15) is 17.1 Å². The second-order valence-corrected chi connectivity index (χ2v) is 9.27. The van der Waals surface area contributed by atoms with Gasteiger partial charge in [0.15, 0.2) is 0 Å². The maximum absolute atomic E-state index is 12.4. The first kappa shape index (κ1) is 23.9. The molecule has 3 rings (SSSR count). The van der Waals surface area contributed by atoms with E-state index in [2.05, 4.69) is 46.8 Å². The first-order valence-corrected chi connectivity index (χ1v) is 11.4. The van der Waals surface area contributed by atoms with Crippen molar-refractivity contribution in [1.82, 2.24) is 0 Å². The van der Waals surface area contributed by atoms with E-state index in [9.17, 15) is 4.79 Å². The average Bonchev–Trinajstić information content (AvgIpc) is 2.79. The number of hydrogen-bond acceptors (Lipinski definition) is 3. The maximum atomic E-state index is 12.4. The van der Waals surface area contributed by atoms with Gasteiger partial charge in [0, 0.05) is 10.4 Å². The lowest BCUT2D eigenvalue weighted by atomic mass is 9.78. The Kier molecular flexibility index (Phi) is 7.30. The van der Waals surface area contributed by atoms with Crippen molar-refractivity contribution in [1.29, 1.82) is 0 Å². The fourth-order valence-electron chi connectivity index (χ4n) is 3.51. The molecule has 0 unspecified atom stereocenters. The van der Waals surface area contributed by atoms with Gasteiger partial charge in [-0.05, 0) is 73.4 Å². The second kappa shape index (κ2) is 9.79. The minimum Gasteiger partial charge on any atom is -0.488 e. The fourth-order valence-corrected chi connectivity index (χ4v) is 3.70. The van der Waals surface area contributed by atoms with Crippen molar-refractivity contribution in [3.05, 3.63) is 94.5 Å². The quantitative estimate of drug-likeness (QED) is 0.259. The highest BCUT2D eigenvalue weighted by molar-refractivity contribution is 6.30. The zero-order valence-corrected chi connectivity index (χ0v) is 20.2. The monoisotopic (exact) mass is 450 g/mol. The Morgan fingerprint density at radius 3 is 1.84 bits per heavy atom. The lowest BCUT2D eigenvalue weighted by Gasteiger charge is -2.30. The maximum Gasteiger partial charge on any atom is 0.343 e. The van der Waals surface area contributed by atoms with E-state index in [0.29, 0.717) is 16.3 Å². The molecule has 0 heterocycles. The predicted octanol–water partition coefficient (Wildman–Crippen LogP) is 7.84. The van der Waals surface area contributed by atoms with Gasteiger partial charge in [0.2, 0.25) is 0 Å². The van der Waals surface area contributed by atoms with E-state index in [0.717, 1.165) is 24.2 Å². The van der Waals surface area contributed by atoms with E-state index in [1.54, 1.807) is 24.3 Å². The molecule has 0 aliphatic rings. The van der Waals surface area contributed by atoms with E-state index < -0.39 is 5.97 Å². The smallest absolute Gasteiger partial charge is 0.343 e. The van der Waals surface area contributed by atoms with Crippen molar-refractivity contribution in [2.24, 2.45) is 0 Å². The molecule has 0 aliphatic carbocycles. The number of hydrogen-bond donors (Lipinski definition) is 0. The summed E-state index contributed by atoms with van der Waals surface area (Å²) >= 11 is 5.96. The molecule has 4 heteroatoms. The van der Waals surface area contributed by atoms with Crippen LogP contribution in [0.4, 0.5) is 0 Å². The normalized spacial score (nSPS) is 11.8. The van der Waals surface area contributed by atoms with Crippen LogP contribution in [-0.2, 0) is 5.41 Å². The van der Waals surface area contributed by atoms with Crippen LogP contribution in [0.3, 0.4) is 0 Å². The first-order valence-electron chi connectivity index (χ1n) is 11.0. The topological polar surface area (TPSA) is 35.5 Å². The summed E-state index contributed by atoms with van der Waals surface area (Å²) in [6, 6.07) is 22.7. The van der Waals surface area contributed by atoms with Gasteiger partial charge in [-0.1, -0.05) is 69.6 Å². The van der Waals surface area contributed by atoms with Gasteiger partial charge in [-0.3, -0.25) is 0 Å². The van der Waals surface area contributed by atoms with Crippen molar-refractivity contribution in [2.45, 2.75) is 58.5 Å². The predicted molar refractivity (Wildman–Crippen MR) is 131 cm³/mol. The van der Waals surface area contributed by atoms with Crippen molar-refractivity contribution in [3.8, 4) is 11.5 Å². The summed E-state index contributed by atoms with van der Waals surface area (Å²) in [5.41, 5.74) is 2.37. The van der Waals surface area contributed by atoms with E-state index in [-0.39, 0.29) is 11.0 Å². The lowest BCUT2D eigenvalue weighted by Crippen LogP contribution is -2.30. The molecule has 32 heavy (non-hydrogen) atoms. The molecule has 0 radical (unpaired) electrons. The van der Waals surface area contributed by atoms with E-state index in [4.69, 9.17) is 21.1 Å². The summed E-state index contributed by atoms with van der Waals surface area (Å²) in [7, 11) is 0. The number of benzene rings is 3. The van der Waals surface area contributed by atoms with Crippen LogP contribution in [-0.4, -0.2) is 11.6 Å². The van der Waals surface area contributed by atoms with E-state index in [1.165, 1.54) is 5.56 Å². The SMILES string of the molecule is CCC(C)(CC)Oc1ccc(C(C)(C)c2ccc(OC(=O)c3cccc(Cl)c3)cc2)cc1. The largest absolute Gasteiger partial charge is 0.488 e. The molecule has 0 atom stereocenters. The number of carbonyl (C=O) groups is 1. The summed E-state index contributed by atoms with van der Waals surface area (Å²) in [6.07, 6.45) is 1.93. The number of esters is 1. The number of carbonyl (C=O) groups excluding carboxylic acids is 1. The molecule has 0 amide bonds. The van der Waals surface area contributed by atoms with Crippen molar-refractivity contribution in [2.75, 3.05) is 0 Å². The van der Waals surface area contributed by atoms with Gasteiger partial charge in [-0.2, -0.15) is 0 Å². The molecule has 0 saturated carbocycles. The van der Waals surface area contributed by atoms with Crippen molar-refractivity contribution < 1.29 is 14.3 Å². The summed E-state index contributed by atoms with van der Waals surface area (Å²) in [5, 5.41) is 0.502. The van der Waals surface area contributed by atoms with Crippen LogP contribution in [0.2, 0.25) is 5.02 Å². The standard InChI is InChI=1S/C28H31ClO3/c1-6-28(5,7-2)32-25-17-13-22(14-18-25)27(3,4)21-11-15-24(16-12-21)31-26(30)20-9-8-10-23(29)19-20/h8-19H,6-7H2,1-5H3. The third-order valence-electron chi connectivity index (χ3n) is 6.28. The molecule has 3 nitrogen and oxygen atoms in total. The van der Waals surface area contributed by atoms with E-state index >= 15 is 0 Å². The Morgan fingerprint density at radius 2 is 1.34 bits per heavy atom. The van der Waals surface area contributed by atoms with Gasteiger partial charge in [-0.25, -0.2) is 4.79 Å². The Hall–Kier alpha value is -2.78. The molecule has 0 aromatic heterocycles. The third-order valence-corrected chi connectivity index (χ3v) is 6.52. The molecular weight excluding hydrogens is 420 g/mol. The zero-order chi connectivity index (χ0) is 23.4. The van der Waals surface area contributed by atoms with Gasteiger partial charge in [-0.15, -0.1) is 0 Å². The minimum atomic E-state index is -0.429. The Bertz CT molecular complexity index is 1050. The summed E-state index contributed by atoms with van der Waals surface area (Å²) in [6.45, 7) is 10.8. The van der Waals surface area contributed by atoms with Crippen molar-refractivity contribution in [3.63, 3.8) is 0 Å². The number of ether oxygens (including phenoxy) is 2. The van der Waals surface area contributed by atoms with Crippen LogP contribution in [0.25, 0.3) is 0 Å². The average molecular weight is 451 g/mol. The second-order valence-electron chi connectivity index (χ2n) is 8.83. The summed E-state index contributed by atoms with van der Waals surface area (Å²) in [5.74, 6) is 0.956. The minimum absolute atomic E-state index is 0.143. The van der Waals surface area contributed by atoms with Crippen LogP contribution in [0.1, 0.15) is 68.9 Å². The third kappa shape index (κ3) is 5.52. The zero-order valence-electron chi connectivity index (χ0n) is 19.4. The Balaban J connectivity index is 1.72. The van der Waals surface area contributed by atoms with Crippen LogP contribution in [0, 0.1) is 0 Å². The van der Waals surface area contributed by atoms with Crippen LogP contribution < -0.4 is 9.47 Å². The van der Waals surface area contributed by atoms with Crippen LogP contribution >= 0.6 is 11.6 Å². The molecule has 168 valence electrons. The lowest BCUT2D eigenvalue weighted by molar-refractivity contribution is 0.0734. The molecule has 0 fully saturated rings. The Labute approximate surface area is 196 Å². The van der Waals surface area contributed by atoms with Crippen molar-refractivity contribution >= 4 is 17.6 Å². The molecule has 0 bridgehead atoms. The highest BCUT2D eigenvalue weighted by Crippen LogP contribution is 2.34. The van der Waals surface area contributed by atoms with Gasteiger partial charge in [0.25, 0.3) is 0 Å². The molecular formula is C28H31ClO3. The van der Waals surface area contributed by atoms with E-state index in [1.807, 2.05) is 36.4 Å². The Morgan fingerprint density at radius 1 is 0.812 bits per heavy atom. The van der Waals surface area contributed by atoms with Gasteiger partial charge in [0.05, 0.1) is 5.56 Å². The fraction of sp³-hybridized carbons (Fsp3) is 0.321. The highest BCUT2D eigenvalue weighted by Gasteiger charge is 2.25. The molecule has 3 aromatic carbocycles. The molecule has 0 N–H and O–H groups in total. The van der Waals surface area contributed by atoms with Gasteiger partial charge < -0.3 is 9.47 Å². The molecule has 0 aliphatic heterocycles. The molecule has 3 aromatic rings. The summed E-state index contributed by atoms with van der Waals surface area (Å²) in [4.78, 5) is 12.4. The number of halogens is 1. The first-order chi connectivity index (χ1) is 15.2. The number of rotatable bonds is 8. The van der Waals surface area contributed by atoms with Gasteiger partial charge >= 0.3 is 5.97 Å². The molecule has 0 spiro atoms. The molecule has 0 saturated heterocycles. The highest BCUT2D eigenvalue weighted by atomic mass is 35.5.